The van der Waals surface area contributed by atoms with Crippen molar-refractivity contribution in [2.24, 2.45) is 5.73 Å². The van der Waals surface area contributed by atoms with Crippen LogP contribution < -0.4 is 10.5 Å². The van der Waals surface area contributed by atoms with Gasteiger partial charge in [0.25, 0.3) is 5.91 Å². The number of amides is 1. The lowest BCUT2D eigenvalue weighted by molar-refractivity contribution is -0.119. The molecule has 0 saturated heterocycles. The highest BCUT2D eigenvalue weighted by Crippen LogP contribution is 2.24. The van der Waals surface area contributed by atoms with Crippen LogP contribution in [0, 0.1) is 25.2 Å². The molecule has 0 spiro atoms. The van der Waals surface area contributed by atoms with Crippen LogP contribution in [-0.4, -0.2) is 12.5 Å². The Bertz CT molecular complexity index is 410. The Hall–Kier alpha value is -2.02. The summed E-state index contributed by atoms with van der Waals surface area (Å²) >= 11 is 0. The minimum atomic E-state index is -0.516. The van der Waals surface area contributed by atoms with Crippen LogP contribution in [0.3, 0.4) is 0 Å². The molecule has 0 atom stereocenters. The molecule has 0 aliphatic heterocycles. The van der Waals surface area contributed by atoms with Crippen LogP contribution in [0.15, 0.2) is 12.1 Å². The minimum Gasteiger partial charge on any atom is -0.483 e. The first-order valence-electron chi connectivity index (χ1n) is 4.47. The van der Waals surface area contributed by atoms with Crippen LogP contribution in [-0.2, 0) is 4.79 Å². The number of primary amides is 1. The molecule has 0 heterocycles. The molecule has 0 saturated carbocycles. The summed E-state index contributed by atoms with van der Waals surface area (Å²) in [6.07, 6.45) is 0. The number of hydrogen-bond donors (Lipinski definition) is 1. The number of benzene rings is 1. The maximum absolute atomic E-state index is 10.6. The predicted molar refractivity (Wildman–Crippen MR) is 55.3 cm³/mol. The zero-order chi connectivity index (χ0) is 11.4. The van der Waals surface area contributed by atoms with Crippen molar-refractivity contribution in [3.63, 3.8) is 0 Å². The first-order chi connectivity index (χ1) is 7.04. The Morgan fingerprint density at radius 1 is 1.47 bits per heavy atom. The molecule has 78 valence electrons. The fraction of sp³-hybridized carbons (Fsp3) is 0.273. The number of carbonyl (C=O) groups is 1. The third-order valence-electron chi connectivity index (χ3n) is 1.95. The molecular formula is C11H12N2O2. The second-order valence-electron chi connectivity index (χ2n) is 3.31. The van der Waals surface area contributed by atoms with Crippen molar-refractivity contribution < 1.29 is 9.53 Å². The average molecular weight is 204 g/mol. The van der Waals surface area contributed by atoms with Crippen LogP contribution in [0.4, 0.5) is 0 Å². The molecule has 0 unspecified atom stereocenters. The summed E-state index contributed by atoms with van der Waals surface area (Å²) in [6, 6.07) is 5.48. The topological polar surface area (TPSA) is 76.1 Å². The second kappa shape index (κ2) is 4.47. The molecule has 4 heteroatoms. The van der Waals surface area contributed by atoms with Crippen LogP contribution >= 0.6 is 0 Å². The Labute approximate surface area is 88.3 Å². The summed E-state index contributed by atoms with van der Waals surface area (Å²) in [6.45, 7) is 3.50. The molecule has 0 aliphatic carbocycles. The lowest BCUT2D eigenvalue weighted by Gasteiger charge is -2.10. The van der Waals surface area contributed by atoms with Gasteiger partial charge in [0.1, 0.15) is 5.75 Å². The Morgan fingerprint density at radius 3 is 2.40 bits per heavy atom. The van der Waals surface area contributed by atoms with E-state index in [0.717, 1.165) is 11.1 Å². The van der Waals surface area contributed by atoms with Gasteiger partial charge < -0.3 is 10.5 Å². The van der Waals surface area contributed by atoms with Gasteiger partial charge in [-0.2, -0.15) is 5.26 Å². The van der Waals surface area contributed by atoms with E-state index in [1.165, 1.54) is 0 Å². The number of hydrogen-bond acceptors (Lipinski definition) is 3. The van der Waals surface area contributed by atoms with Gasteiger partial charge in [-0.15, -0.1) is 0 Å². The summed E-state index contributed by atoms with van der Waals surface area (Å²) in [5.74, 6) is 0.103. The smallest absolute Gasteiger partial charge is 0.255 e. The van der Waals surface area contributed by atoms with Crippen LogP contribution in [0.25, 0.3) is 0 Å². The number of nitrogens with two attached hydrogens (primary N) is 1. The van der Waals surface area contributed by atoms with Crippen LogP contribution in [0.1, 0.15) is 16.7 Å². The summed E-state index contributed by atoms with van der Waals surface area (Å²) in [5, 5.41) is 8.73. The molecule has 15 heavy (non-hydrogen) atoms. The van der Waals surface area contributed by atoms with Gasteiger partial charge in [0, 0.05) is 0 Å². The highest BCUT2D eigenvalue weighted by molar-refractivity contribution is 5.75. The maximum Gasteiger partial charge on any atom is 0.255 e. The van der Waals surface area contributed by atoms with Crippen LogP contribution in [0.5, 0.6) is 5.75 Å². The van der Waals surface area contributed by atoms with Crippen LogP contribution in [0.2, 0.25) is 0 Å². The number of nitriles is 1. The third-order valence-corrected chi connectivity index (χ3v) is 1.95. The Balaban J connectivity index is 2.99. The minimum absolute atomic E-state index is 0.145. The van der Waals surface area contributed by atoms with Crippen molar-refractivity contribution in [2.75, 3.05) is 6.61 Å². The first kappa shape index (κ1) is 11.1. The number of nitrogens with zero attached hydrogens (tertiary/aromatic N) is 1. The second-order valence-corrected chi connectivity index (χ2v) is 3.31. The van der Waals surface area contributed by atoms with Crippen molar-refractivity contribution in [3.8, 4) is 11.8 Å². The predicted octanol–water partition coefficient (Wildman–Crippen LogP) is 1.04. The van der Waals surface area contributed by atoms with Gasteiger partial charge >= 0.3 is 0 Å². The number of rotatable bonds is 3. The Kier molecular flexibility index (Phi) is 3.29. The number of carbonyl (C=O) groups excluding carboxylic acids is 1. The highest BCUT2D eigenvalue weighted by Gasteiger charge is 2.07. The van der Waals surface area contributed by atoms with Crippen molar-refractivity contribution in [1.82, 2.24) is 0 Å². The van der Waals surface area contributed by atoms with E-state index in [1.807, 2.05) is 13.8 Å². The van der Waals surface area contributed by atoms with Gasteiger partial charge in [0.15, 0.2) is 6.61 Å². The van der Waals surface area contributed by atoms with E-state index in [-0.39, 0.29) is 6.61 Å². The molecular weight excluding hydrogens is 192 g/mol. The van der Waals surface area contributed by atoms with E-state index in [1.54, 1.807) is 12.1 Å². The van der Waals surface area contributed by atoms with Crippen molar-refractivity contribution in [2.45, 2.75) is 13.8 Å². The molecule has 0 aromatic heterocycles. The zero-order valence-corrected chi connectivity index (χ0v) is 8.70. The van der Waals surface area contributed by atoms with Gasteiger partial charge in [0.05, 0.1) is 11.6 Å². The summed E-state index contributed by atoms with van der Waals surface area (Å²) in [7, 11) is 0. The highest BCUT2D eigenvalue weighted by atomic mass is 16.5. The van der Waals surface area contributed by atoms with E-state index in [0.29, 0.717) is 11.3 Å². The standard InChI is InChI=1S/C11H12N2O2/c1-7-3-9(5-12)4-8(2)11(7)15-6-10(13)14/h3-4H,6H2,1-2H3,(H2,13,14). The first-order valence-corrected chi connectivity index (χ1v) is 4.47. The van der Waals surface area contributed by atoms with E-state index < -0.39 is 5.91 Å². The van der Waals surface area contributed by atoms with Gasteiger partial charge in [-0.3, -0.25) is 4.79 Å². The maximum atomic E-state index is 10.6. The molecule has 4 nitrogen and oxygen atoms in total. The van der Waals surface area contributed by atoms with Crippen molar-refractivity contribution in [3.05, 3.63) is 28.8 Å². The van der Waals surface area contributed by atoms with Gasteiger partial charge in [-0.1, -0.05) is 0 Å². The molecule has 1 amide bonds. The van der Waals surface area contributed by atoms with Gasteiger partial charge in [0.2, 0.25) is 0 Å². The molecule has 1 rings (SSSR count). The summed E-state index contributed by atoms with van der Waals surface area (Å²) in [5.41, 5.74) is 7.21. The lowest BCUT2D eigenvalue weighted by atomic mass is 10.1. The van der Waals surface area contributed by atoms with Crippen molar-refractivity contribution in [1.29, 1.82) is 5.26 Å². The largest absolute Gasteiger partial charge is 0.483 e. The fourth-order valence-electron chi connectivity index (χ4n) is 1.39. The van der Waals surface area contributed by atoms with E-state index in [9.17, 15) is 4.79 Å². The quantitative estimate of drug-likeness (QED) is 0.799. The summed E-state index contributed by atoms with van der Waals surface area (Å²) < 4.78 is 5.24. The SMILES string of the molecule is Cc1cc(C#N)cc(C)c1OCC(N)=O. The molecule has 0 aliphatic rings. The molecule has 0 fully saturated rings. The van der Waals surface area contributed by atoms with Gasteiger partial charge in [-0.25, -0.2) is 0 Å². The monoisotopic (exact) mass is 204 g/mol. The number of aryl methyl sites for hydroxylation is 2. The van der Waals surface area contributed by atoms with Gasteiger partial charge in [-0.05, 0) is 37.1 Å². The zero-order valence-electron chi connectivity index (χ0n) is 8.70. The molecule has 1 aromatic carbocycles. The van der Waals surface area contributed by atoms with E-state index in [4.69, 9.17) is 15.7 Å². The van der Waals surface area contributed by atoms with Crippen molar-refractivity contribution >= 4 is 5.91 Å². The van der Waals surface area contributed by atoms with E-state index in [2.05, 4.69) is 6.07 Å². The van der Waals surface area contributed by atoms with E-state index >= 15 is 0 Å². The summed E-state index contributed by atoms with van der Waals surface area (Å²) in [4.78, 5) is 10.6. The number of ether oxygens (including phenoxy) is 1. The Morgan fingerprint density at radius 2 is 2.00 bits per heavy atom. The molecule has 0 radical (unpaired) electrons. The molecule has 1 aromatic rings. The third kappa shape index (κ3) is 2.71. The average Bonchev–Trinajstić information content (AvgIpc) is 2.15. The molecule has 0 bridgehead atoms. The lowest BCUT2D eigenvalue weighted by Crippen LogP contribution is -2.20. The fourth-order valence-corrected chi connectivity index (χ4v) is 1.39. The normalized spacial score (nSPS) is 9.40. The molecule has 2 N–H and O–H groups in total.